The third-order valence-electron chi connectivity index (χ3n) is 3.73. The number of hydrogen-bond donors (Lipinski definition) is 0. The summed E-state index contributed by atoms with van der Waals surface area (Å²) in [4.78, 5) is 12.5. The van der Waals surface area contributed by atoms with Crippen LogP contribution in [0.2, 0.25) is 0 Å². The fourth-order valence-corrected chi connectivity index (χ4v) is 2.35. The zero-order valence-electron chi connectivity index (χ0n) is 11.9. The number of carbonyl (C=O) groups is 1. The van der Waals surface area contributed by atoms with Crippen molar-refractivity contribution < 1.29 is 9.21 Å². The maximum absolute atomic E-state index is 12.5. The molecule has 0 amide bonds. The van der Waals surface area contributed by atoms with Gasteiger partial charge in [-0.2, -0.15) is 0 Å². The highest BCUT2D eigenvalue weighted by atomic mass is 16.3. The average molecular weight is 264 g/mol. The second-order valence-corrected chi connectivity index (χ2v) is 5.23. The van der Waals surface area contributed by atoms with Gasteiger partial charge in [-0.3, -0.25) is 4.79 Å². The summed E-state index contributed by atoms with van der Waals surface area (Å²) in [6.07, 6.45) is 0. The second-order valence-electron chi connectivity index (χ2n) is 5.23. The molecule has 0 radical (unpaired) electrons. The summed E-state index contributed by atoms with van der Waals surface area (Å²) in [5.41, 5.74) is 4.80. The van der Waals surface area contributed by atoms with E-state index in [0.717, 1.165) is 22.1 Å². The standard InChI is InChI=1S/C18H16O2/c1-11-7-8-14(9-13(11)3)17(19)16-10-15-6-4-5-12(2)18(15)20-16/h4-10H,1-3H3. The van der Waals surface area contributed by atoms with Crippen LogP contribution in [0.15, 0.2) is 46.9 Å². The lowest BCUT2D eigenvalue weighted by atomic mass is 10.0. The van der Waals surface area contributed by atoms with Crippen LogP contribution in [0.1, 0.15) is 32.8 Å². The first-order valence-electron chi connectivity index (χ1n) is 6.67. The first-order valence-corrected chi connectivity index (χ1v) is 6.67. The summed E-state index contributed by atoms with van der Waals surface area (Å²) in [6, 6.07) is 13.5. The van der Waals surface area contributed by atoms with Crippen LogP contribution in [-0.2, 0) is 0 Å². The number of rotatable bonds is 2. The number of fused-ring (bicyclic) bond motifs is 1. The molecular weight excluding hydrogens is 248 g/mol. The van der Waals surface area contributed by atoms with Crippen LogP contribution in [-0.4, -0.2) is 5.78 Å². The van der Waals surface area contributed by atoms with Crippen LogP contribution < -0.4 is 0 Å². The van der Waals surface area contributed by atoms with E-state index in [0.29, 0.717) is 11.3 Å². The highest BCUT2D eigenvalue weighted by Crippen LogP contribution is 2.24. The molecule has 0 spiro atoms. The SMILES string of the molecule is Cc1ccc(C(=O)c2cc3cccc(C)c3o2)cc1C. The van der Waals surface area contributed by atoms with Crippen LogP contribution in [0.3, 0.4) is 0 Å². The first-order chi connectivity index (χ1) is 9.56. The summed E-state index contributed by atoms with van der Waals surface area (Å²) < 4.78 is 5.74. The fourth-order valence-electron chi connectivity index (χ4n) is 2.35. The summed E-state index contributed by atoms with van der Waals surface area (Å²) in [6.45, 7) is 6.03. The Balaban J connectivity index is 2.08. The molecule has 2 aromatic carbocycles. The molecule has 1 heterocycles. The Hall–Kier alpha value is -2.35. The third-order valence-corrected chi connectivity index (χ3v) is 3.73. The van der Waals surface area contributed by atoms with Gasteiger partial charge in [0.15, 0.2) is 5.76 Å². The predicted molar refractivity (Wildman–Crippen MR) is 80.3 cm³/mol. The number of furan rings is 1. The molecule has 0 unspecified atom stereocenters. The van der Waals surface area contributed by atoms with Crippen LogP contribution in [0, 0.1) is 20.8 Å². The summed E-state index contributed by atoms with van der Waals surface area (Å²) in [7, 11) is 0. The van der Waals surface area contributed by atoms with Gasteiger partial charge >= 0.3 is 0 Å². The molecule has 0 saturated carbocycles. The molecule has 0 saturated heterocycles. The smallest absolute Gasteiger partial charge is 0.228 e. The zero-order valence-corrected chi connectivity index (χ0v) is 11.9. The van der Waals surface area contributed by atoms with E-state index >= 15 is 0 Å². The van der Waals surface area contributed by atoms with E-state index in [-0.39, 0.29) is 5.78 Å². The highest BCUT2D eigenvalue weighted by Gasteiger charge is 2.15. The minimum Gasteiger partial charge on any atom is -0.452 e. The molecule has 0 aliphatic carbocycles. The molecule has 3 rings (SSSR count). The number of para-hydroxylation sites is 1. The Kier molecular flexibility index (Phi) is 2.94. The number of aryl methyl sites for hydroxylation is 3. The molecule has 1 aromatic heterocycles. The van der Waals surface area contributed by atoms with Crippen molar-refractivity contribution in [2.45, 2.75) is 20.8 Å². The molecule has 0 aliphatic rings. The van der Waals surface area contributed by atoms with Crippen molar-refractivity contribution in [2.75, 3.05) is 0 Å². The quantitative estimate of drug-likeness (QED) is 0.634. The molecule has 0 atom stereocenters. The second kappa shape index (κ2) is 4.64. The van der Waals surface area contributed by atoms with E-state index in [4.69, 9.17) is 4.42 Å². The van der Waals surface area contributed by atoms with Gasteiger partial charge in [-0.25, -0.2) is 0 Å². The molecule has 0 bridgehead atoms. The molecule has 2 nitrogen and oxygen atoms in total. The van der Waals surface area contributed by atoms with Gasteiger partial charge in [0, 0.05) is 10.9 Å². The molecule has 100 valence electrons. The van der Waals surface area contributed by atoms with Gasteiger partial charge in [0.25, 0.3) is 0 Å². The van der Waals surface area contributed by atoms with E-state index in [2.05, 4.69) is 0 Å². The van der Waals surface area contributed by atoms with E-state index < -0.39 is 0 Å². The van der Waals surface area contributed by atoms with Gasteiger partial charge in [-0.1, -0.05) is 30.3 Å². The largest absolute Gasteiger partial charge is 0.452 e. The van der Waals surface area contributed by atoms with E-state index in [1.54, 1.807) is 0 Å². The Morgan fingerprint density at radius 1 is 0.900 bits per heavy atom. The Morgan fingerprint density at radius 3 is 2.40 bits per heavy atom. The summed E-state index contributed by atoms with van der Waals surface area (Å²) in [5.74, 6) is 0.334. The van der Waals surface area contributed by atoms with Gasteiger partial charge in [0.05, 0.1) is 0 Å². The predicted octanol–water partition coefficient (Wildman–Crippen LogP) is 4.59. The normalized spacial score (nSPS) is 10.9. The number of benzene rings is 2. The van der Waals surface area contributed by atoms with Crippen molar-refractivity contribution in [2.24, 2.45) is 0 Å². The van der Waals surface area contributed by atoms with Gasteiger partial charge < -0.3 is 4.42 Å². The monoisotopic (exact) mass is 264 g/mol. The van der Waals surface area contributed by atoms with Crippen molar-refractivity contribution in [3.63, 3.8) is 0 Å². The number of carbonyl (C=O) groups excluding carboxylic acids is 1. The van der Waals surface area contributed by atoms with Crippen molar-refractivity contribution in [1.82, 2.24) is 0 Å². The van der Waals surface area contributed by atoms with Crippen molar-refractivity contribution >= 4 is 16.8 Å². The van der Waals surface area contributed by atoms with E-state index in [1.807, 2.05) is 63.2 Å². The van der Waals surface area contributed by atoms with Crippen LogP contribution in [0.25, 0.3) is 11.0 Å². The number of ketones is 1. The zero-order chi connectivity index (χ0) is 14.3. The Morgan fingerprint density at radius 2 is 1.70 bits per heavy atom. The molecule has 20 heavy (non-hydrogen) atoms. The van der Waals surface area contributed by atoms with Crippen molar-refractivity contribution in [3.8, 4) is 0 Å². The number of hydrogen-bond acceptors (Lipinski definition) is 2. The lowest BCUT2D eigenvalue weighted by Gasteiger charge is -2.02. The lowest BCUT2D eigenvalue weighted by Crippen LogP contribution is -2.00. The van der Waals surface area contributed by atoms with E-state index in [1.165, 1.54) is 5.56 Å². The summed E-state index contributed by atoms with van der Waals surface area (Å²) >= 11 is 0. The van der Waals surface area contributed by atoms with Gasteiger partial charge in [0.1, 0.15) is 5.58 Å². The minimum atomic E-state index is -0.0660. The van der Waals surface area contributed by atoms with Gasteiger partial charge in [0.2, 0.25) is 5.78 Å². The van der Waals surface area contributed by atoms with Crippen LogP contribution >= 0.6 is 0 Å². The topological polar surface area (TPSA) is 30.2 Å². The van der Waals surface area contributed by atoms with Crippen molar-refractivity contribution in [1.29, 1.82) is 0 Å². The maximum Gasteiger partial charge on any atom is 0.228 e. The lowest BCUT2D eigenvalue weighted by molar-refractivity contribution is 0.101. The Labute approximate surface area is 118 Å². The third kappa shape index (κ3) is 2.03. The molecule has 2 heteroatoms. The van der Waals surface area contributed by atoms with Gasteiger partial charge in [-0.05, 0) is 49.6 Å². The molecule has 0 aliphatic heterocycles. The maximum atomic E-state index is 12.5. The van der Waals surface area contributed by atoms with E-state index in [9.17, 15) is 4.79 Å². The van der Waals surface area contributed by atoms with Crippen LogP contribution in [0.4, 0.5) is 0 Å². The fraction of sp³-hybridized carbons (Fsp3) is 0.167. The van der Waals surface area contributed by atoms with Crippen molar-refractivity contribution in [3.05, 3.63) is 70.5 Å². The highest BCUT2D eigenvalue weighted by molar-refractivity contribution is 6.09. The van der Waals surface area contributed by atoms with Gasteiger partial charge in [-0.15, -0.1) is 0 Å². The average Bonchev–Trinajstić information content (AvgIpc) is 2.86. The first kappa shape index (κ1) is 12.7. The summed E-state index contributed by atoms with van der Waals surface area (Å²) in [5, 5.41) is 0.970. The Bertz CT molecular complexity index is 809. The molecule has 0 fully saturated rings. The minimum absolute atomic E-state index is 0.0660. The molecular formula is C18H16O2. The van der Waals surface area contributed by atoms with Crippen LogP contribution in [0.5, 0.6) is 0 Å². The molecule has 3 aromatic rings. The molecule has 0 N–H and O–H groups in total.